The summed E-state index contributed by atoms with van der Waals surface area (Å²) in [6.45, 7) is 0. The SMILES string of the molecule is COc1ccc(N(C)C(=O)C(Cc2cc(F)cc(F)c2)NC(=O)Oc2ccccc2)cc1F. The van der Waals surface area contributed by atoms with E-state index in [4.69, 9.17) is 9.47 Å². The highest BCUT2D eigenvalue weighted by molar-refractivity contribution is 5.98. The van der Waals surface area contributed by atoms with Gasteiger partial charge < -0.3 is 19.7 Å². The lowest BCUT2D eigenvalue weighted by molar-refractivity contribution is -0.120. The first-order valence-electron chi connectivity index (χ1n) is 9.86. The van der Waals surface area contributed by atoms with E-state index in [1.54, 1.807) is 30.3 Å². The summed E-state index contributed by atoms with van der Waals surface area (Å²) in [5, 5.41) is 2.42. The second-order valence-electron chi connectivity index (χ2n) is 7.10. The van der Waals surface area contributed by atoms with Gasteiger partial charge in [-0.3, -0.25) is 4.79 Å². The van der Waals surface area contributed by atoms with Crippen LogP contribution in [-0.2, 0) is 11.2 Å². The molecule has 6 nitrogen and oxygen atoms in total. The van der Waals surface area contributed by atoms with Crippen LogP contribution in [0, 0.1) is 17.5 Å². The van der Waals surface area contributed by atoms with Gasteiger partial charge in [-0.25, -0.2) is 18.0 Å². The Balaban J connectivity index is 1.85. The quantitative estimate of drug-likeness (QED) is 0.567. The second-order valence-corrected chi connectivity index (χ2v) is 7.10. The number of nitrogens with zero attached hydrogens (tertiary/aromatic N) is 1. The van der Waals surface area contributed by atoms with Crippen LogP contribution >= 0.6 is 0 Å². The van der Waals surface area contributed by atoms with Gasteiger partial charge in [0.25, 0.3) is 0 Å². The number of hydrogen-bond acceptors (Lipinski definition) is 4. The van der Waals surface area contributed by atoms with E-state index in [1.807, 2.05) is 0 Å². The van der Waals surface area contributed by atoms with Crippen LogP contribution in [0.4, 0.5) is 23.7 Å². The fraction of sp³-hybridized carbons (Fsp3) is 0.167. The van der Waals surface area contributed by atoms with Gasteiger partial charge in [0, 0.05) is 31.3 Å². The van der Waals surface area contributed by atoms with E-state index in [-0.39, 0.29) is 29.2 Å². The molecular weight excluding hydrogens is 437 g/mol. The van der Waals surface area contributed by atoms with Crippen molar-refractivity contribution >= 4 is 17.7 Å². The van der Waals surface area contributed by atoms with Crippen LogP contribution in [0.5, 0.6) is 11.5 Å². The first kappa shape index (κ1) is 23.6. The second kappa shape index (κ2) is 10.5. The minimum Gasteiger partial charge on any atom is -0.494 e. The van der Waals surface area contributed by atoms with E-state index in [2.05, 4.69) is 5.32 Å². The number of nitrogens with one attached hydrogen (secondary N) is 1. The lowest BCUT2D eigenvalue weighted by Gasteiger charge is -2.25. The zero-order valence-electron chi connectivity index (χ0n) is 17.8. The fourth-order valence-electron chi connectivity index (χ4n) is 3.16. The summed E-state index contributed by atoms with van der Waals surface area (Å²) in [4.78, 5) is 26.7. The number of anilines is 1. The third kappa shape index (κ3) is 6.25. The molecule has 33 heavy (non-hydrogen) atoms. The molecule has 0 heterocycles. The molecule has 0 aliphatic heterocycles. The molecule has 0 saturated carbocycles. The molecule has 0 bridgehead atoms. The van der Waals surface area contributed by atoms with Crippen LogP contribution in [0.1, 0.15) is 5.56 Å². The van der Waals surface area contributed by atoms with E-state index < -0.39 is 35.5 Å². The van der Waals surface area contributed by atoms with Gasteiger partial charge >= 0.3 is 6.09 Å². The average Bonchev–Trinajstić information content (AvgIpc) is 2.77. The van der Waals surface area contributed by atoms with Crippen molar-refractivity contribution in [2.24, 2.45) is 0 Å². The third-order valence-electron chi connectivity index (χ3n) is 4.76. The van der Waals surface area contributed by atoms with E-state index >= 15 is 0 Å². The van der Waals surface area contributed by atoms with E-state index in [0.29, 0.717) is 6.07 Å². The van der Waals surface area contributed by atoms with Gasteiger partial charge in [0.15, 0.2) is 11.6 Å². The van der Waals surface area contributed by atoms with Crippen molar-refractivity contribution in [2.45, 2.75) is 12.5 Å². The smallest absolute Gasteiger partial charge is 0.413 e. The molecule has 0 saturated heterocycles. The minimum atomic E-state index is -1.27. The summed E-state index contributed by atoms with van der Waals surface area (Å²) in [5.41, 5.74) is 0.326. The number of carbonyl (C=O) groups excluding carboxylic acids is 2. The molecular formula is C24H21F3N2O4. The molecule has 1 unspecified atom stereocenters. The largest absolute Gasteiger partial charge is 0.494 e. The molecule has 0 aromatic heterocycles. The number of amides is 2. The van der Waals surface area contributed by atoms with Gasteiger partial charge in [0.1, 0.15) is 23.4 Å². The lowest BCUT2D eigenvalue weighted by atomic mass is 10.0. The number of ether oxygens (including phenoxy) is 2. The van der Waals surface area contributed by atoms with E-state index in [1.165, 1.54) is 26.3 Å². The van der Waals surface area contributed by atoms with Crippen LogP contribution in [-0.4, -0.2) is 32.2 Å². The van der Waals surface area contributed by atoms with Gasteiger partial charge in [-0.2, -0.15) is 0 Å². The summed E-state index contributed by atoms with van der Waals surface area (Å²) in [6.07, 6.45) is -1.17. The predicted molar refractivity (Wildman–Crippen MR) is 116 cm³/mol. The Morgan fingerprint density at radius 1 is 0.970 bits per heavy atom. The van der Waals surface area contributed by atoms with Crippen LogP contribution in [0.15, 0.2) is 66.7 Å². The molecule has 0 spiro atoms. The Bertz CT molecular complexity index is 1120. The minimum absolute atomic E-state index is 0.00375. The average molecular weight is 458 g/mol. The van der Waals surface area contributed by atoms with Crippen LogP contribution in [0.2, 0.25) is 0 Å². The zero-order valence-corrected chi connectivity index (χ0v) is 17.8. The van der Waals surface area contributed by atoms with Gasteiger partial charge in [-0.05, 0) is 42.0 Å². The molecule has 1 N–H and O–H groups in total. The number of benzene rings is 3. The molecule has 0 fully saturated rings. The maximum absolute atomic E-state index is 14.1. The van der Waals surface area contributed by atoms with Gasteiger partial charge in [-0.1, -0.05) is 18.2 Å². The summed E-state index contributed by atoms with van der Waals surface area (Å²) in [7, 11) is 2.69. The van der Waals surface area contributed by atoms with E-state index in [0.717, 1.165) is 23.1 Å². The number of likely N-dealkylation sites (N-methyl/N-ethyl adjacent to an activating group) is 1. The maximum atomic E-state index is 14.1. The maximum Gasteiger partial charge on any atom is 0.413 e. The Kier molecular flexibility index (Phi) is 7.55. The standard InChI is InChI=1S/C24H21F3N2O4/c1-29(18-8-9-22(32-2)20(27)14-18)23(30)21(12-15-10-16(25)13-17(26)11-15)28-24(31)33-19-6-4-3-5-7-19/h3-11,13-14,21H,12H2,1-2H3,(H,28,31). The van der Waals surface area contributed by atoms with Crippen LogP contribution < -0.4 is 19.7 Å². The summed E-state index contributed by atoms with van der Waals surface area (Å²) >= 11 is 0. The van der Waals surface area contributed by atoms with Crippen molar-refractivity contribution in [2.75, 3.05) is 19.1 Å². The lowest BCUT2D eigenvalue weighted by Crippen LogP contribution is -2.49. The highest BCUT2D eigenvalue weighted by Gasteiger charge is 2.27. The Labute approximate surface area is 188 Å². The molecule has 3 aromatic rings. The summed E-state index contributed by atoms with van der Waals surface area (Å²) < 4.78 is 51.5. The summed E-state index contributed by atoms with van der Waals surface area (Å²) in [5.74, 6) is -2.76. The fourth-order valence-corrected chi connectivity index (χ4v) is 3.16. The molecule has 9 heteroatoms. The monoisotopic (exact) mass is 458 g/mol. The summed E-state index contributed by atoms with van der Waals surface area (Å²) in [6, 6.07) is 13.6. The van der Waals surface area contributed by atoms with Crippen molar-refractivity contribution in [3.63, 3.8) is 0 Å². The molecule has 2 amide bonds. The Morgan fingerprint density at radius 2 is 1.64 bits per heavy atom. The Hall–Kier alpha value is -4.01. The third-order valence-corrected chi connectivity index (χ3v) is 4.76. The van der Waals surface area contributed by atoms with Gasteiger partial charge in [-0.15, -0.1) is 0 Å². The first-order chi connectivity index (χ1) is 15.8. The van der Waals surface area contributed by atoms with Crippen molar-refractivity contribution in [1.82, 2.24) is 5.32 Å². The number of carbonyl (C=O) groups is 2. The molecule has 0 aliphatic rings. The zero-order chi connectivity index (χ0) is 24.0. The molecule has 0 radical (unpaired) electrons. The van der Waals surface area contributed by atoms with Crippen LogP contribution in [0.25, 0.3) is 0 Å². The van der Waals surface area contributed by atoms with Crippen molar-refractivity contribution in [1.29, 1.82) is 0 Å². The van der Waals surface area contributed by atoms with E-state index in [9.17, 15) is 22.8 Å². The number of halogens is 3. The van der Waals surface area contributed by atoms with Crippen molar-refractivity contribution in [3.05, 3.63) is 89.7 Å². The highest BCUT2D eigenvalue weighted by atomic mass is 19.1. The van der Waals surface area contributed by atoms with Crippen molar-refractivity contribution < 1.29 is 32.2 Å². The molecule has 0 aliphatic carbocycles. The van der Waals surface area contributed by atoms with Crippen molar-refractivity contribution in [3.8, 4) is 11.5 Å². The number of para-hydroxylation sites is 1. The molecule has 1 atom stereocenters. The normalized spacial score (nSPS) is 11.4. The number of rotatable bonds is 7. The van der Waals surface area contributed by atoms with Gasteiger partial charge in [0.05, 0.1) is 7.11 Å². The topological polar surface area (TPSA) is 67.9 Å². The molecule has 3 rings (SSSR count). The number of methoxy groups -OCH3 is 1. The molecule has 172 valence electrons. The van der Waals surface area contributed by atoms with Crippen LogP contribution in [0.3, 0.4) is 0 Å². The number of hydrogen-bond donors (Lipinski definition) is 1. The van der Waals surface area contributed by atoms with Gasteiger partial charge in [0.2, 0.25) is 5.91 Å². The first-order valence-corrected chi connectivity index (χ1v) is 9.86. The predicted octanol–water partition coefficient (Wildman–Crippen LogP) is 4.48. The highest BCUT2D eigenvalue weighted by Crippen LogP contribution is 2.24. The molecule has 3 aromatic carbocycles. The Morgan fingerprint density at radius 3 is 2.24 bits per heavy atom.